The first-order valence-corrected chi connectivity index (χ1v) is 8.23. The Morgan fingerprint density at radius 1 is 1.14 bits per heavy atom. The first kappa shape index (κ1) is 21.2. The lowest BCUT2D eigenvalue weighted by molar-refractivity contribution is -0.142. The van der Waals surface area contributed by atoms with E-state index in [1.807, 2.05) is 0 Å². The van der Waals surface area contributed by atoms with Gasteiger partial charge in [-0.3, -0.25) is 4.79 Å². The van der Waals surface area contributed by atoms with Crippen molar-refractivity contribution in [1.82, 2.24) is 0 Å². The minimum Gasteiger partial charge on any atom is -0.493 e. The van der Waals surface area contributed by atoms with E-state index >= 15 is 0 Å². The molecule has 0 saturated carbocycles. The Kier molecular flexibility index (Phi) is 7.34. The lowest BCUT2D eigenvalue weighted by atomic mass is 10.2. The number of amides is 1. The van der Waals surface area contributed by atoms with Crippen molar-refractivity contribution in [3.8, 4) is 11.5 Å². The van der Waals surface area contributed by atoms with Gasteiger partial charge in [-0.25, -0.2) is 13.6 Å². The fourth-order valence-corrected chi connectivity index (χ4v) is 2.46. The molecular weight excluding hydrogens is 396 g/mol. The van der Waals surface area contributed by atoms with Crippen LogP contribution in [0.5, 0.6) is 11.5 Å². The number of ether oxygens (including phenoxy) is 3. The SMILES string of the molecule is COc1cc(/C=C/C(=O)OCC(=O)Nc2ccc(F)cc2F)cc(Cl)c1OC. The molecule has 0 fully saturated rings. The number of esters is 1. The summed E-state index contributed by atoms with van der Waals surface area (Å²) in [6.07, 6.45) is 2.50. The summed E-state index contributed by atoms with van der Waals surface area (Å²) in [5, 5.41) is 2.46. The van der Waals surface area contributed by atoms with Crippen LogP contribution >= 0.6 is 11.6 Å². The Hall–Kier alpha value is -3.13. The van der Waals surface area contributed by atoms with Gasteiger partial charge in [0.15, 0.2) is 18.1 Å². The largest absolute Gasteiger partial charge is 0.493 e. The maximum absolute atomic E-state index is 13.5. The van der Waals surface area contributed by atoms with Crippen molar-refractivity contribution in [2.75, 3.05) is 26.1 Å². The number of halogens is 3. The molecule has 28 heavy (non-hydrogen) atoms. The molecule has 6 nitrogen and oxygen atoms in total. The third-order valence-corrected chi connectivity index (χ3v) is 3.70. The molecule has 1 N–H and O–H groups in total. The van der Waals surface area contributed by atoms with Crippen LogP contribution in [0.1, 0.15) is 5.56 Å². The molecule has 0 unspecified atom stereocenters. The molecule has 0 radical (unpaired) electrons. The minimum absolute atomic E-state index is 0.224. The number of nitrogens with one attached hydrogen (secondary N) is 1. The number of anilines is 1. The zero-order chi connectivity index (χ0) is 20.7. The van der Waals surface area contributed by atoms with E-state index in [4.69, 9.17) is 25.8 Å². The molecule has 1 amide bonds. The highest BCUT2D eigenvalue weighted by molar-refractivity contribution is 6.32. The monoisotopic (exact) mass is 411 g/mol. The second kappa shape index (κ2) is 9.70. The second-order valence-electron chi connectivity index (χ2n) is 5.35. The zero-order valence-corrected chi connectivity index (χ0v) is 15.7. The first-order valence-electron chi connectivity index (χ1n) is 7.85. The smallest absolute Gasteiger partial charge is 0.331 e. The third-order valence-electron chi connectivity index (χ3n) is 3.42. The lowest BCUT2D eigenvalue weighted by Crippen LogP contribution is -2.20. The van der Waals surface area contributed by atoms with Crippen LogP contribution in [-0.2, 0) is 14.3 Å². The Labute approximate surface area is 164 Å². The van der Waals surface area contributed by atoms with Crippen LogP contribution in [0.25, 0.3) is 6.08 Å². The van der Waals surface area contributed by atoms with Crippen molar-refractivity contribution < 1.29 is 32.6 Å². The highest BCUT2D eigenvalue weighted by Crippen LogP contribution is 2.36. The summed E-state index contributed by atoms with van der Waals surface area (Å²) in [5.41, 5.74) is 0.315. The van der Waals surface area contributed by atoms with E-state index in [0.717, 1.165) is 18.2 Å². The first-order chi connectivity index (χ1) is 13.3. The van der Waals surface area contributed by atoms with Gasteiger partial charge in [0.1, 0.15) is 11.6 Å². The van der Waals surface area contributed by atoms with Gasteiger partial charge in [-0.2, -0.15) is 0 Å². The lowest BCUT2D eigenvalue weighted by Gasteiger charge is -2.10. The van der Waals surface area contributed by atoms with Gasteiger partial charge < -0.3 is 19.5 Å². The van der Waals surface area contributed by atoms with Gasteiger partial charge in [-0.15, -0.1) is 0 Å². The average molecular weight is 412 g/mol. The number of methoxy groups -OCH3 is 2. The van der Waals surface area contributed by atoms with E-state index in [2.05, 4.69) is 5.32 Å². The van der Waals surface area contributed by atoms with E-state index in [1.165, 1.54) is 20.3 Å². The predicted molar refractivity (Wildman–Crippen MR) is 99.5 cm³/mol. The van der Waals surface area contributed by atoms with Crippen LogP contribution in [0, 0.1) is 11.6 Å². The molecule has 148 valence electrons. The van der Waals surface area contributed by atoms with E-state index < -0.39 is 30.1 Å². The molecule has 9 heteroatoms. The van der Waals surface area contributed by atoms with Crippen molar-refractivity contribution in [3.63, 3.8) is 0 Å². The number of carbonyl (C=O) groups excluding carboxylic acids is 2. The number of hydrogen-bond donors (Lipinski definition) is 1. The third kappa shape index (κ3) is 5.68. The molecule has 2 rings (SSSR count). The number of rotatable bonds is 7. The number of benzene rings is 2. The summed E-state index contributed by atoms with van der Waals surface area (Å²) < 4.78 is 41.3. The Morgan fingerprint density at radius 2 is 1.89 bits per heavy atom. The molecule has 0 aromatic heterocycles. The average Bonchev–Trinajstić information content (AvgIpc) is 2.66. The minimum atomic E-state index is -0.940. The Balaban J connectivity index is 1.93. The predicted octanol–water partition coefficient (Wildman–Crippen LogP) is 3.83. The van der Waals surface area contributed by atoms with Crippen LogP contribution in [0.2, 0.25) is 5.02 Å². The topological polar surface area (TPSA) is 73.9 Å². The van der Waals surface area contributed by atoms with Gasteiger partial charge in [0, 0.05) is 12.1 Å². The van der Waals surface area contributed by atoms with E-state index in [-0.39, 0.29) is 10.7 Å². The molecule has 0 saturated heterocycles. The van der Waals surface area contributed by atoms with Gasteiger partial charge in [0.05, 0.1) is 24.9 Å². The van der Waals surface area contributed by atoms with Crippen molar-refractivity contribution in [2.45, 2.75) is 0 Å². The Morgan fingerprint density at radius 3 is 2.54 bits per heavy atom. The summed E-state index contributed by atoms with van der Waals surface area (Å²) in [4.78, 5) is 23.5. The maximum atomic E-state index is 13.5. The molecule has 0 atom stereocenters. The highest BCUT2D eigenvalue weighted by Gasteiger charge is 2.11. The van der Waals surface area contributed by atoms with Crippen molar-refractivity contribution in [1.29, 1.82) is 0 Å². The van der Waals surface area contributed by atoms with Crippen LogP contribution in [0.15, 0.2) is 36.4 Å². The van der Waals surface area contributed by atoms with Crippen LogP contribution in [0.3, 0.4) is 0 Å². The molecule has 0 heterocycles. The summed E-state index contributed by atoms with van der Waals surface area (Å²) in [7, 11) is 2.89. The van der Waals surface area contributed by atoms with Gasteiger partial charge in [0.25, 0.3) is 5.91 Å². The van der Waals surface area contributed by atoms with Gasteiger partial charge in [-0.05, 0) is 35.9 Å². The summed E-state index contributed by atoms with van der Waals surface area (Å²) in [6, 6.07) is 5.82. The number of carbonyl (C=O) groups is 2. The van der Waals surface area contributed by atoms with E-state index in [9.17, 15) is 18.4 Å². The molecular formula is C19H16ClF2NO5. The molecule has 2 aromatic carbocycles. The maximum Gasteiger partial charge on any atom is 0.331 e. The summed E-state index contributed by atoms with van der Waals surface area (Å²) in [6.45, 7) is -0.646. The molecule has 0 aliphatic carbocycles. The van der Waals surface area contributed by atoms with Crippen LogP contribution < -0.4 is 14.8 Å². The Bertz CT molecular complexity index is 917. The zero-order valence-electron chi connectivity index (χ0n) is 14.9. The standard InChI is InChI=1S/C19H16ClF2NO5/c1-26-16-8-11(7-13(20)19(16)27-2)3-6-18(25)28-10-17(24)23-15-5-4-12(21)9-14(15)22/h3-9H,10H2,1-2H3,(H,23,24)/b6-3+. The highest BCUT2D eigenvalue weighted by atomic mass is 35.5. The van der Waals surface area contributed by atoms with E-state index in [0.29, 0.717) is 23.1 Å². The second-order valence-corrected chi connectivity index (χ2v) is 5.76. The van der Waals surface area contributed by atoms with E-state index in [1.54, 1.807) is 12.1 Å². The van der Waals surface area contributed by atoms with Gasteiger partial charge in [-0.1, -0.05) is 11.6 Å². The fourth-order valence-electron chi connectivity index (χ4n) is 2.16. The normalized spacial score (nSPS) is 10.6. The fraction of sp³-hybridized carbons (Fsp3) is 0.158. The van der Waals surface area contributed by atoms with Crippen molar-refractivity contribution in [3.05, 3.63) is 58.6 Å². The summed E-state index contributed by atoms with van der Waals surface area (Å²) in [5.74, 6) is -2.56. The molecule has 0 bridgehead atoms. The van der Waals surface area contributed by atoms with Gasteiger partial charge in [0.2, 0.25) is 0 Å². The van der Waals surface area contributed by atoms with Crippen molar-refractivity contribution in [2.24, 2.45) is 0 Å². The summed E-state index contributed by atoms with van der Waals surface area (Å²) >= 11 is 6.07. The molecule has 0 spiro atoms. The van der Waals surface area contributed by atoms with Gasteiger partial charge >= 0.3 is 5.97 Å². The van der Waals surface area contributed by atoms with Crippen LogP contribution in [-0.4, -0.2) is 32.7 Å². The van der Waals surface area contributed by atoms with Crippen LogP contribution in [0.4, 0.5) is 14.5 Å². The number of hydrogen-bond acceptors (Lipinski definition) is 5. The quantitative estimate of drug-likeness (QED) is 0.553. The molecule has 0 aliphatic heterocycles. The molecule has 2 aromatic rings. The van der Waals surface area contributed by atoms with Crippen molar-refractivity contribution >= 4 is 35.2 Å². The molecule has 0 aliphatic rings.